The van der Waals surface area contributed by atoms with Gasteiger partial charge < -0.3 is 5.32 Å². The molecule has 1 saturated heterocycles. The van der Waals surface area contributed by atoms with Crippen molar-refractivity contribution < 1.29 is 13.2 Å². The van der Waals surface area contributed by atoms with Crippen molar-refractivity contribution in [3.63, 3.8) is 0 Å². The Labute approximate surface area is 143 Å². The number of alkyl halides is 3. The van der Waals surface area contributed by atoms with E-state index in [9.17, 15) is 13.2 Å². The summed E-state index contributed by atoms with van der Waals surface area (Å²) in [4.78, 5) is 6.16. The van der Waals surface area contributed by atoms with Gasteiger partial charge in [0, 0.05) is 49.6 Å². The number of nitrogens with one attached hydrogen (secondary N) is 1. The average molecular weight is 356 g/mol. The summed E-state index contributed by atoms with van der Waals surface area (Å²) in [6.45, 7) is 2.63. The number of pyridine rings is 1. The van der Waals surface area contributed by atoms with E-state index in [4.69, 9.17) is 11.6 Å². The molecule has 128 valence electrons. The average Bonchev–Trinajstić information content (AvgIpc) is 2.57. The van der Waals surface area contributed by atoms with E-state index in [-0.39, 0.29) is 6.04 Å². The number of aromatic nitrogens is 1. The minimum absolute atomic E-state index is 0.0763. The normalized spacial score (nSPS) is 19.4. The van der Waals surface area contributed by atoms with Crippen molar-refractivity contribution in [1.82, 2.24) is 15.2 Å². The molecule has 1 aliphatic rings. The van der Waals surface area contributed by atoms with Crippen LogP contribution in [0.25, 0.3) is 0 Å². The Kier molecular flexibility index (Phi) is 5.08. The van der Waals surface area contributed by atoms with Crippen LogP contribution < -0.4 is 5.32 Å². The molecule has 0 spiro atoms. The summed E-state index contributed by atoms with van der Waals surface area (Å²) in [6, 6.07) is 7.42. The second-order valence-electron chi connectivity index (χ2n) is 5.77. The van der Waals surface area contributed by atoms with Crippen LogP contribution in [-0.2, 0) is 12.7 Å². The zero-order valence-corrected chi connectivity index (χ0v) is 13.6. The molecular formula is C17H17ClF3N3. The lowest BCUT2D eigenvalue weighted by atomic mass is 10.0. The summed E-state index contributed by atoms with van der Waals surface area (Å²) in [5, 5.41) is 3.68. The van der Waals surface area contributed by atoms with Gasteiger partial charge >= 0.3 is 6.18 Å². The highest BCUT2D eigenvalue weighted by molar-refractivity contribution is 6.31. The van der Waals surface area contributed by atoms with Gasteiger partial charge in [-0.2, -0.15) is 13.2 Å². The maximum absolute atomic E-state index is 12.9. The standard InChI is InChI=1S/C17H17ClF3N3/c18-15-2-1-14(17(19,20)21)9-13(15)11-24-8-7-23-10-16(24)12-3-5-22-6-4-12/h1-6,9,16,23H,7-8,10-11H2. The van der Waals surface area contributed by atoms with Gasteiger partial charge in [-0.3, -0.25) is 9.88 Å². The zero-order valence-electron chi connectivity index (χ0n) is 12.9. The molecule has 2 aromatic rings. The minimum atomic E-state index is -4.37. The van der Waals surface area contributed by atoms with E-state index < -0.39 is 11.7 Å². The highest BCUT2D eigenvalue weighted by atomic mass is 35.5. The summed E-state index contributed by atoms with van der Waals surface area (Å²) in [7, 11) is 0. The van der Waals surface area contributed by atoms with Gasteiger partial charge in [0.2, 0.25) is 0 Å². The van der Waals surface area contributed by atoms with Crippen molar-refractivity contribution in [1.29, 1.82) is 0 Å². The molecule has 7 heteroatoms. The summed E-state index contributed by atoms with van der Waals surface area (Å²) in [5.41, 5.74) is 0.908. The van der Waals surface area contributed by atoms with E-state index in [1.807, 2.05) is 12.1 Å². The van der Waals surface area contributed by atoms with E-state index in [0.717, 1.165) is 37.3 Å². The summed E-state index contributed by atoms with van der Waals surface area (Å²) < 4.78 is 38.8. The molecule has 1 atom stereocenters. The number of nitrogens with zero attached hydrogens (tertiary/aromatic N) is 2. The number of piperazine rings is 1. The lowest BCUT2D eigenvalue weighted by Gasteiger charge is -2.36. The molecule has 1 aromatic carbocycles. The highest BCUT2D eigenvalue weighted by Gasteiger charge is 2.31. The van der Waals surface area contributed by atoms with Gasteiger partial charge in [0.05, 0.1) is 5.56 Å². The molecule has 3 nitrogen and oxygen atoms in total. The van der Waals surface area contributed by atoms with Crippen LogP contribution in [-0.4, -0.2) is 29.5 Å². The summed E-state index contributed by atoms with van der Waals surface area (Å²) in [5.74, 6) is 0. The van der Waals surface area contributed by atoms with Gasteiger partial charge in [0.1, 0.15) is 0 Å². The van der Waals surface area contributed by atoms with Gasteiger partial charge in [-0.1, -0.05) is 11.6 Å². The number of hydrogen-bond acceptors (Lipinski definition) is 3. The van der Waals surface area contributed by atoms with Crippen LogP contribution in [0.2, 0.25) is 5.02 Å². The molecule has 1 unspecified atom stereocenters. The molecule has 1 N–H and O–H groups in total. The van der Waals surface area contributed by atoms with Crippen LogP contribution in [0.15, 0.2) is 42.7 Å². The van der Waals surface area contributed by atoms with Crippen LogP contribution in [0.4, 0.5) is 13.2 Å². The van der Waals surface area contributed by atoms with Crippen LogP contribution in [0, 0.1) is 0 Å². The smallest absolute Gasteiger partial charge is 0.314 e. The Bertz CT molecular complexity index is 691. The fourth-order valence-corrected chi connectivity index (χ4v) is 3.12. The first kappa shape index (κ1) is 17.2. The number of benzene rings is 1. The number of hydrogen-bond donors (Lipinski definition) is 1. The minimum Gasteiger partial charge on any atom is -0.314 e. The monoisotopic (exact) mass is 355 g/mol. The van der Waals surface area contributed by atoms with Crippen molar-refractivity contribution in [3.05, 3.63) is 64.4 Å². The second kappa shape index (κ2) is 7.09. The van der Waals surface area contributed by atoms with Gasteiger partial charge in [-0.15, -0.1) is 0 Å². The van der Waals surface area contributed by atoms with E-state index >= 15 is 0 Å². The van der Waals surface area contributed by atoms with Crippen molar-refractivity contribution >= 4 is 11.6 Å². The Morgan fingerprint density at radius 2 is 1.96 bits per heavy atom. The van der Waals surface area contributed by atoms with Crippen LogP contribution in [0.1, 0.15) is 22.7 Å². The molecular weight excluding hydrogens is 339 g/mol. The predicted octanol–water partition coefficient (Wildman–Crippen LogP) is 3.90. The molecule has 0 saturated carbocycles. The molecule has 1 aliphatic heterocycles. The van der Waals surface area contributed by atoms with Crippen molar-refractivity contribution in [2.75, 3.05) is 19.6 Å². The van der Waals surface area contributed by atoms with Crippen molar-refractivity contribution in [2.45, 2.75) is 18.8 Å². The van der Waals surface area contributed by atoms with Crippen LogP contribution >= 0.6 is 11.6 Å². The Balaban J connectivity index is 1.86. The molecule has 0 amide bonds. The Hall–Kier alpha value is -1.63. The summed E-state index contributed by atoms with van der Waals surface area (Å²) >= 11 is 6.14. The maximum Gasteiger partial charge on any atom is 0.416 e. The van der Waals surface area contributed by atoms with Gasteiger partial charge in [-0.25, -0.2) is 0 Å². The lowest BCUT2D eigenvalue weighted by Crippen LogP contribution is -2.45. The van der Waals surface area contributed by atoms with E-state index in [1.54, 1.807) is 12.4 Å². The Morgan fingerprint density at radius 1 is 1.21 bits per heavy atom. The van der Waals surface area contributed by atoms with E-state index in [1.165, 1.54) is 6.07 Å². The number of halogens is 4. The van der Waals surface area contributed by atoms with E-state index in [2.05, 4.69) is 15.2 Å². The summed E-state index contributed by atoms with van der Waals surface area (Å²) in [6.07, 6.45) is -0.925. The fourth-order valence-electron chi connectivity index (χ4n) is 2.94. The zero-order chi connectivity index (χ0) is 17.2. The molecule has 1 fully saturated rings. The molecule has 0 aliphatic carbocycles. The lowest BCUT2D eigenvalue weighted by molar-refractivity contribution is -0.137. The molecule has 0 bridgehead atoms. The third-order valence-electron chi connectivity index (χ3n) is 4.19. The largest absolute Gasteiger partial charge is 0.416 e. The first-order chi connectivity index (χ1) is 11.4. The second-order valence-corrected chi connectivity index (χ2v) is 6.18. The number of rotatable bonds is 3. The van der Waals surface area contributed by atoms with Gasteiger partial charge in [0.15, 0.2) is 0 Å². The van der Waals surface area contributed by atoms with Crippen molar-refractivity contribution in [3.8, 4) is 0 Å². The first-order valence-electron chi connectivity index (χ1n) is 7.65. The third kappa shape index (κ3) is 3.88. The first-order valence-corrected chi connectivity index (χ1v) is 8.03. The third-order valence-corrected chi connectivity index (χ3v) is 4.56. The van der Waals surface area contributed by atoms with Crippen molar-refractivity contribution in [2.24, 2.45) is 0 Å². The quantitative estimate of drug-likeness (QED) is 0.905. The molecule has 1 aromatic heterocycles. The molecule has 3 rings (SSSR count). The molecule has 24 heavy (non-hydrogen) atoms. The Morgan fingerprint density at radius 3 is 2.67 bits per heavy atom. The predicted molar refractivity (Wildman–Crippen MR) is 86.7 cm³/mol. The molecule has 2 heterocycles. The van der Waals surface area contributed by atoms with Crippen LogP contribution in [0.3, 0.4) is 0 Å². The fraction of sp³-hybridized carbons (Fsp3) is 0.353. The van der Waals surface area contributed by atoms with Gasteiger partial charge in [0.25, 0.3) is 0 Å². The van der Waals surface area contributed by atoms with Gasteiger partial charge in [-0.05, 0) is 41.5 Å². The van der Waals surface area contributed by atoms with Crippen LogP contribution in [0.5, 0.6) is 0 Å². The maximum atomic E-state index is 12.9. The molecule has 0 radical (unpaired) electrons. The highest BCUT2D eigenvalue weighted by Crippen LogP contribution is 2.33. The topological polar surface area (TPSA) is 28.2 Å². The van der Waals surface area contributed by atoms with E-state index in [0.29, 0.717) is 17.1 Å². The SMILES string of the molecule is FC(F)(F)c1ccc(Cl)c(CN2CCNCC2c2ccncc2)c1.